The lowest BCUT2D eigenvalue weighted by Gasteiger charge is -2.36. The molecule has 0 bridgehead atoms. The van der Waals surface area contributed by atoms with Crippen molar-refractivity contribution in [1.29, 1.82) is 0 Å². The number of carbonyl (C=O) groups is 2. The fourth-order valence-corrected chi connectivity index (χ4v) is 4.85. The van der Waals surface area contributed by atoms with Crippen LogP contribution in [0.3, 0.4) is 0 Å². The molecule has 1 fully saturated rings. The second-order valence-corrected chi connectivity index (χ2v) is 9.74. The van der Waals surface area contributed by atoms with Crippen LogP contribution in [0.2, 0.25) is 0 Å². The first kappa shape index (κ1) is 22.3. The van der Waals surface area contributed by atoms with Gasteiger partial charge in [-0.3, -0.25) is 14.5 Å². The standard InChI is InChI=1S/C26H29N3O2S/c1-3-26(2)17-21(30)29(22(31)18-26)15-10-16-32-25-27-23(19-11-6-4-7-12-19)24(28-25)20-13-8-5-9-14-20/h4-9,11-14H,3,10,15-18H2,1-2H3,(H,27,28). The van der Waals surface area contributed by atoms with E-state index in [-0.39, 0.29) is 17.2 Å². The van der Waals surface area contributed by atoms with Crippen molar-refractivity contribution in [3.8, 4) is 22.5 Å². The van der Waals surface area contributed by atoms with E-state index in [0.29, 0.717) is 19.4 Å². The summed E-state index contributed by atoms with van der Waals surface area (Å²) in [5.41, 5.74) is 3.90. The first-order valence-electron chi connectivity index (χ1n) is 11.2. The Labute approximate surface area is 193 Å². The zero-order chi connectivity index (χ0) is 22.6. The number of carbonyl (C=O) groups excluding carboxylic acids is 2. The molecule has 2 amide bonds. The van der Waals surface area contributed by atoms with Gasteiger partial charge in [-0.15, -0.1) is 0 Å². The van der Waals surface area contributed by atoms with Crippen molar-refractivity contribution in [2.75, 3.05) is 12.3 Å². The molecule has 4 rings (SSSR count). The number of hydrogen-bond acceptors (Lipinski definition) is 4. The van der Waals surface area contributed by atoms with Crippen LogP contribution < -0.4 is 0 Å². The third-order valence-electron chi connectivity index (χ3n) is 6.17. The minimum absolute atomic E-state index is 0.0358. The molecule has 0 spiro atoms. The van der Waals surface area contributed by atoms with Gasteiger partial charge in [0.2, 0.25) is 11.8 Å². The van der Waals surface area contributed by atoms with E-state index in [0.717, 1.165) is 46.3 Å². The number of benzene rings is 2. The number of aromatic nitrogens is 2. The highest BCUT2D eigenvalue weighted by Crippen LogP contribution is 2.36. The van der Waals surface area contributed by atoms with Crippen LogP contribution >= 0.6 is 11.8 Å². The summed E-state index contributed by atoms with van der Waals surface area (Å²) in [6.45, 7) is 4.55. The first-order chi connectivity index (χ1) is 15.5. The summed E-state index contributed by atoms with van der Waals surface area (Å²) in [4.78, 5) is 34.8. The number of nitrogens with one attached hydrogen (secondary N) is 1. The molecule has 1 aliphatic rings. The van der Waals surface area contributed by atoms with Crippen LogP contribution in [0.15, 0.2) is 65.8 Å². The van der Waals surface area contributed by atoms with E-state index in [2.05, 4.69) is 29.2 Å². The van der Waals surface area contributed by atoms with E-state index in [1.807, 2.05) is 50.2 Å². The fourth-order valence-electron chi connectivity index (χ4n) is 4.05. The summed E-state index contributed by atoms with van der Waals surface area (Å²) in [5.74, 6) is 0.704. The van der Waals surface area contributed by atoms with Gasteiger partial charge in [0.25, 0.3) is 0 Å². The highest BCUT2D eigenvalue weighted by molar-refractivity contribution is 7.99. The van der Waals surface area contributed by atoms with Crippen molar-refractivity contribution in [1.82, 2.24) is 14.9 Å². The van der Waals surface area contributed by atoms with Gasteiger partial charge in [0.15, 0.2) is 5.16 Å². The SMILES string of the molecule is CCC1(C)CC(=O)N(CCCSc2nc(-c3ccccc3)c(-c3ccccc3)[nH]2)C(=O)C1. The van der Waals surface area contributed by atoms with Crippen molar-refractivity contribution in [3.05, 3.63) is 60.7 Å². The van der Waals surface area contributed by atoms with E-state index in [1.165, 1.54) is 4.90 Å². The Morgan fingerprint density at radius 2 is 1.56 bits per heavy atom. The van der Waals surface area contributed by atoms with Crippen molar-refractivity contribution >= 4 is 23.6 Å². The highest BCUT2D eigenvalue weighted by atomic mass is 32.2. The van der Waals surface area contributed by atoms with Crippen LogP contribution in [-0.2, 0) is 9.59 Å². The molecule has 1 aromatic heterocycles. The van der Waals surface area contributed by atoms with Gasteiger partial charge < -0.3 is 4.98 Å². The summed E-state index contributed by atoms with van der Waals surface area (Å²) >= 11 is 1.62. The second-order valence-electron chi connectivity index (χ2n) is 8.66. The lowest BCUT2D eigenvalue weighted by molar-refractivity contribution is -0.153. The topological polar surface area (TPSA) is 66.1 Å². The van der Waals surface area contributed by atoms with Crippen molar-refractivity contribution in [3.63, 3.8) is 0 Å². The minimum Gasteiger partial charge on any atom is -0.332 e. The number of rotatable bonds is 8. The molecule has 32 heavy (non-hydrogen) atoms. The normalized spacial score (nSPS) is 15.9. The number of hydrogen-bond donors (Lipinski definition) is 1. The maximum absolute atomic E-state index is 12.5. The molecule has 0 saturated carbocycles. The Kier molecular flexibility index (Phi) is 6.80. The molecule has 0 radical (unpaired) electrons. The summed E-state index contributed by atoms with van der Waals surface area (Å²) in [6, 6.07) is 20.4. The molecule has 0 atom stereocenters. The number of imide groups is 1. The molecule has 1 N–H and O–H groups in total. The zero-order valence-electron chi connectivity index (χ0n) is 18.6. The summed E-state index contributed by atoms with van der Waals surface area (Å²) < 4.78 is 0. The Morgan fingerprint density at radius 1 is 0.969 bits per heavy atom. The van der Waals surface area contributed by atoms with Gasteiger partial charge in [-0.1, -0.05) is 86.3 Å². The van der Waals surface area contributed by atoms with E-state index in [1.54, 1.807) is 11.8 Å². The van der Waals surface area contributed by atoms with Gasteiger partial charge in [-0.25, -0.2) is 4.98 Å². The van der Waals surface area contributed by atoms with Crippen LogP contribution in [0.4, 0.5) is 0 Å². The monoisotopic (exact) mass is 447 g/mol. The molecule has 1 aliphatic heterocycles. The second kappa shape index (κ2) is 9.74. The van der Waals surface area contributed by atoms with Gasteiger partial charge in [-0.05, 0) is 18.3 Å². The predicted molar refractivity (Wildman–Crippen MR) is 129 cm³/mol. The van der Waals surface area contributed by atoms with Crippen LogP contribution in [0.25, 0.3) is 22.5 Å². The predicted octanol–water partition coefficient (Wildman–Crippen LogP) is 5.79. The quantitative estimate of drug-likeness (QED) is 0.270. The molecule has 5 nitrogen and oxygen atoms in total. The Hall–Kier alpha value is -2.86. The van der Waals surface area contributed by atoms with E-state index in [9.17, 15) is 9.59 Å². The third-order valence-corrected chi connectivity index (χ3v) is 7.13. The summed E-state index contributed by atoms with van der Waals surface area (Å²) in [5, 5.41) is 0.845. The maximum Gasteiger partial charge on any atom is 0.229 e. The molecular weight excluding hydrogens is 418 g/mol. The molecule has 166 valence electrons. The van der Waals surface area contributed by atoms with Crippen LogP contribution in [0.5, 0.6) is 0 Å². The summed E-state index contributed by atoms with van der Waals surface area (Å²) in [7, 11) is 0. The van der Waals surface area contributed by atoms with Crippen molar-refractivity contribution in [2.24, 2.45) is 5.41 Å². The number of nitrogens with zero attached hydrogens (tertiary/aromatic N) is 2. The lowest BCUT2D eigenvalue weighted by Crippen LogP contribution is -2.47. The van der Waals surface area contributed by atoms with E-state index in [4.69, 9.17) is 4.98 Å². The van der Waals surface area contributed by atoms with E-state index >= 15 is 0 Å². The number of H-pyrrole nitrogens is 1. The molecule has 0 aliphatic carbocycles. The van der Waals surface area contributed by atoms with Crippen LogP contribution in [0.1, 0.15) is 39.5 Å². The molecule has 2 aromatic carbocycles. The smallest absolute Gasteiger partial charge is 0.229 e. The molecule has 3 aromatic rings. The van der Waals surface area contributed by atoms with Gasteiger partial charge in [-0.2, -0.15) is 0 Å². The number of aromatic amines is 1. The molecule has 2 heterocycles. The van der Waals surface area contributed by atoms with Crippen molar-refractivity contribution < 1.29 is 9.59 Å². The van der Waals surface area contributed by atoms with Crippen LogP contribution in [0, 0.1) is 5.41 Å². The third kappa shape index (κ3) is 4.96. The Bertz CT molecular complexity index is 1000. The largest absolute Gasteiger partial charge is 0.332 e. The molecule has 6 heteroatoms. The van der Waals surface area contributed by atoms with Gasteiger partial charge in [0, 0.05) is 36.3 Å². The molecular formula is C26H29N3O2S. The lowest BCUT2D eigenvalue weighted by atomic mass is 9.77. The number of imidazole rings is 1. The molecule has 1 saturated heterocycles. The number of thioether (sulfide) groups is 1. The average Bonchev–Trinajstić information content (AvgIpc) is 3.23. The first-order valence-corrected chi connectivity index (χ1v) is 12.1. The highest BCUT2D eigenvalue weighted by Gasteiger charge is 2.38. The minimum atomic E-state index is -0.185. The Balaban J connectivity index is 1.42. The van der Waals surface area contributed by atoms with Crippen LogP contribution in [-0.4, -0.2) is 39.0 Å². The molecule has 0 unspecified atom stereocenters. The van der Waals surface area contributed by atoms with Gasteiger partial charge in [0.1, 0.15) is 0 Å². The Morgan fingerprint density at radius 3 is 2.16 bits per heavy atom. The fraction of sp³-hybridized carbons (Fsp3) is 0.346. The number of likely N-dealkylation sites (tertiary alicyclic amines) is 1. The zero-order valence-corrected chi connectivity index (χ0v) is 19.5. The number of amides is 2. The number of piperidine rings is 1. The van der Waals surface area contributed by atoms with Gasteiger partial charge >= 0.3 is 0 Å². The van der Waals surface area contributed by atoms with E-state index < -0.39 is 0 Å². The summed E-state index contributed by atoms with van der Waals surface area (Å²) in [6.07, 6.45) is 2.51. The van der Waals surface area contributed by atoms with Crippen molar-refractivity contribution in [2.45, 2.75) is 44.7 Å². The maximum atomic E-state index is 12.5. The van der Waals surface area contributed by atoms with Gasteiger partial charge in [0.05, 0.1) is 11.4 Å². The average molecular weight is 448 g/mol.